The molecule has 0 radical (unpaired) electrons. The van der Waals surface area contributed by atoms with E-state index in [1.807, 2.05) is 6.07 Å². The molecule has 1 aliphatic rings. The predicted molar refractivity (Wildman–Crippen MR) is 73.2 cm³/mol. The number of benzene rings is 1. The van der Waals surface area contributed by atoms with Crippen LogP contribution in [-0.4, -0.2) is 19.0 Å². The van der Waals surface area contributed by atoms with Gasteiger partial charge in [-0.3, -0.25) is 4.79 Å². The van der Waals surface area contributed by atoms with Gasteiger partial charge in [-0.05, 0) is 30.7 Å². The fourth-order valence-corrected chi connectivity index (χ4v) is 2.21. The molecule has 0 heterocycles. The van der Waals surface area contributed by atoms with Gasteiger partial charge >= 0.3 is 0 Å². The summed E-state index contributed by atoms with van der Waals surface area (Å²) in [5.74, 6) is 0.616. The first-order chi connectivity index (χ1) is 8.68. The molecule has 0 aromatic heterocycles. The second-order valence-corrected chi connectivity index (χ2v) is 5.34. The fraction of sp³-hybridized carbons (Fsp3) is 0.533. The van der Waals surface area contributed by atoms with Crippen LogP contribution in [-0.2, 0) is 4.79 Å². The number of rotatable bonds is 6. The van der Waals surface area contributed by atoms with Crippen molar-refractivity contribution < 1.29 is 4.79 Å². The van der Waals surface area contributed by atoms with Gasteiger partial charge < -0.3 is 11.1 Å². The van der Waals surface area contributed by atoms with E-state index in [1.165, 1.54) is 5.56 Å². The lowest BCUT2D eigenvalue weighted by molar-refractivity contribution is -0.125. The quantitative estimate of drug-likeness (QED) is 0.807. The van der Waals surface area contributed by atoms with Crippen molar-refractivity contribution in [2.45, 2.75) is 32.1 Å². The Bertz CT molecular complexity index is 398. The topological polar surface area (TPSA) is 55.1 Å². The summed E-state index contributed by atoms with van der Waals surface area (Å²) in [5.41, 5.74) is 6.73. The third kappa shape index (κ3) is 2.91. The Morgan fingerprint density at radius 3 is 2.61 bits per heavy atom. The predicted octanol–water partition coefficient (Wildman–Crippen LogP) is 2.04. The Kier molecular flexibility index (Phi) is 4.02. The van der Waals surface area contributed by atoms with E-state index < -0.39 is 0 Å². The molecule has 1 aromatic rings. The molecule has 1 atom stereocenters. The van der Waals surface area contributed by atoms with E-state index >= 15 is 0 Å². The first-order valence-electron chi connectivity index (χ1n) is 6.71. The molecule has 98 valence electrons. The Balaban J connectivity index is 1.74. The van der Waals surface area contributed by atoms with Crippen molar-refractivity contribution >= 4 is 5.91 Å². The number of nitrogens with one attached hydrogen (secondary N) is 1. The molecular formula is C15H22N2O. The third-order valence-corrected chi connectivity index (χ3v) is 3.96. The second kappa shape index (κ2) is 5.53. The Hall–Kier alpha value is -1.35. The van der Waals surface area contributed by atoms with Gasteiger partial charge in [-0.25, -0.2) is 0 Å². The van der Waals surface area contributed by atoms with Crippen LogP contribution >= 0.6 is 0 Å². The van der Waals surface area contributed by atoms with Crippen LogP contribution in [0, 0.1) is 5.41 Å². The van der Waals surface area contributed by atoms with E-state index in [1.54, 1.807) is 0 Å². The molecule has 1 amide bonds. The van der Waals surface area contributed by atoms with E-state index in [9.17, 15) is 4.79 Å². The molecule has 1 aromatic carbocycles. The molecule has 3 nitrogen and oxygen atoms in total. The zero-order valence-corrected chi connectivity index (χ0v) is 11.0. The maximum Gasteiger partial charge on any atom is 0.227 e. The highest BCUT2D eigenvalue weighted by Crippen LogP contribution is 2.44. The van der Waals surface area contributed by atoms with Crippen LogP contribution in [0.25, 0.3) is 0 Å². The fourth-order valence-electron chi connectivity index (χ4n) is 2.21. The molecule has 0 bridgehead atoms. The van der Waals surface area contributed by atoms with Crippen molar-refractivity contribution in [3.05, 3.63) is 35.9 Å². The van der Waals surface area contributed by atoms with Gasteiger partial charge in [0.1, 0.15) is 0 Å². The first kappa shape index (κ1) is 13.1. The molecule has 3 heteroatoms. The van der Waals surface area contributed by atoms with Crippen LogP contribution in [0.5, 0.6) is 0 Å². The van der Waals surface area contributed by atoms with Gasteiger partial charge in [0.2, 0.25) is 5.91 Å². The number of nitrogens with two attached hydrogens (primary N) is 1. The zero-order chi connectivity index (χ0) is 13.0. The molecule has 1 aliphatic carbocycles. The van der Waals surface area contributed by atoms with Crippen molar-refractivity contribution in [2.75, 3.05) is 13.1 Å². The van der Waals surface area contributed by atoms with Gasteiger partial charge in [0.05, 0.1) is 5.41 Å². The molecule has 2 rings (SSSR count). The SMILES string of the molecule is CC(CCNC(=O)C1(CN)CC1)c1ccccc1. The summed E-state index contributed by atoms with van der Waals surface area (Å²) in [4.78, 5) is 11.9. The maximum absolute atomic E-state index is 11.9. The van der Waals surface area contributed by atoms with Crippen molar-refractivity contribution in [1.82, 2.24) is 5.32 Å². The van der Waals surface area contributed by atoms with Gasteiger partial charge in [0.25, 0.3) is 0 Å². The van der Waals surface area contributed by atoms with E-state index in [2.05, 4.69) is 36.5 Å². The lowest BCUT2D eigenvalue weighted by Gasteiger charge is -2.15. The minimum Gasteiger partial charge on any atom is -0.356 e. The summed E-state index contributed by atoms with van der Waals surface area (Å²) in [7, 11) is 0. The van der Waals surface area contributed by atoms with Gasteiger partial charge in [0, 0.05) is 13.1 Å². The smallest absolute Gasteiger partial charge is 0.227 e. The van der Waals surface area contributed by atoms with Crippen molar-refractivity contribution in [3.63, 3.8) is 0 Å². The number of amides is 1. The van der Waals surface area contributed by atoms with Gasteiger partial charge in [-0.15, -0.1) is 0 Å². The minimum absolute atomic E-state index is 0.144. The van der Waals surface area contributed by atoms with E-state index in [4.69, 9.17) is 5.73 Å². The van der Waals surface area contributed by atoms with Crippen LogP contribution in [0.3, 0.4) is 0 Å². The summed E-state index contributed by atoms with van der Waals surface area (Å²) in [6.45, 7) is 3.40. The maximum atomic E-state index is 11.9. The van der Waals surface area contributed by atoms with Gasteiger partial charge in [-0.2, -0.15) is 0 Å². The average molecular weight is 246 g/mol. The monoisotopic (exact) mass is 246 g/mol. The molecule has 1 saturated carbocycles. The van der Waals surface area contributed by atoms with Crippen LogP contribution in [0.2, 0.25) is 0 Å². The van der Waals surface area contributed by atoms with E-state index in [0.717, 1.165) is 25.8 Å². The Morgan fingerprint density at radius 1 is 1.39 bits per heavy atom. The van der Waals surface area contributed by atoms with Crippen LogP contribution in [0.4, 0.5) is 0 Å². The lowest BCUT2D eigenvalue weighted by Crippen LogP contribution is -2.37. The summed E-state index contributed by atoms with van der Waals surface area (Å²) in [5, 5.41) is 3.02. The average Bonchev–Trinajstić information content (AvgIpc) is 3.20. The highest BCUT2D eigenvalue weighted by atomic mass is 16.2. The van der Waals surface area contributed by atoms with E-state index in [-0.39, 0.29) is 11.3 Å². The van der Waals surface area contributed by atoms with Crippen LogP contribution in [0.1, 0.15) is 37.7 Å². The molecule has 0 saturated heterocycles. The highest BCUT2D eigenvalue weighted by Gasteiger charge is 2.48. The number of carbonyl (C=O) groups excluding carboxylic acids is 1. The molecule has 3 N–H and O–H groups in total. The van der Waals surface area contributed by atoms with Gasteiger partial charge in [0.15, 0.2) is 0 Å². The minimum atomic E-state index is -0.226. The lowest BCUT2D eigenvalue weighted by atomic mass is 9.98. The first-order valence-corrected chi connectivity index (χ1v) is 6.71. The largest absolute Gasteiger partial charge is 0.356 e. The number of carbonyl (C=O) groups is 1. The summed E-state index contributed by atoms with van der Waals surface area (Å²) in [6.07, 6.45) is 2.86. The summed E-state index contributed by atoms with van der Waals surface area (Å²) < 4.78 is 0. The second-order valence-electron chi connectivity index (χ2n) is 5.34. The number of hydrogen-bond acceptors (Lipinski definition) is 2. The Morgan fingerprint density at radius 2 is 2.06 bits per heavy atom. The molecule has 1 unspecified atom stereocenters. The highest BCUT2D eigenvalue weighted by molar-refractivity contribution is 5.85. The summed E-state index contributed by atoms with van der Waals surface area (Å²) in [6, 6.07) is 10.4. The van der Waals surface area contributed by atoms with Crippen LogP contribution < -0.4 is 11.1 Å². The zero-order valence-electron chi connectivity index (χ0n) is 11.0. The molecule has 0 aliphatic heterocycles. The van der Waals surface area contributed by atoms with Crippen molar-refractivity contribution in [2.24, 2.45) is 11.1 Å². The van der Waals surface area contributed by atoms with E-state index in [0.29, 0.717) is 12.5 Å². The van der Waals surface area contributed by atoms with Gasteiger partial charge in [-0.1, -0.05) is 37.3 Å². The standard InChI is InChI=1S/C15H22N2O/c1-12(13-5-3-2-4-6-13)7-10-17-14(18)15(11-16)8-9-15/h2-6,12H,7-11,16H2,1H3,(H,17,18). The molecule has 18 heavy (non-hydrogen) atoms. The molecular weight excluding hydrogens is 224 g/mol. The third-order valence-electron chi connectivity index (χ3n) is 3.96. The molecule has 1 fully saturated rings. The van der Waals surface area contributed by atoms with Crippen LogP contribution in [0.15, 0.2) is 30.3 Å². The summed E-state index contributed by atoms with van der Waals surface area (Å²) >= 11 is 0. The normalized spacial score (nSPS) is 18.1. The Labute approximate surface area is 109 Å². The number of hydrogen-bond donors (Lipinski definition) is 2. The van der Waals surface area contributed by atoms with Crippen molar-refractivity contribution in [3.8, 4) is 0 Å². The molecule has 0 spiro atoms. The van der Waals surface area contributed by atoms with Crippen molar-refractivity contribution in [1.29, 1.82) is 0 Å².